The van der Waals surface area contributed by atoms with Gasteiger partial charge in [-0.05, 0) is 72.8 Å². The molecule has 2 amide bonds. The maximum atomic E-state index is 13.0. The van der Waals surface area contributed by atoms with E-state index in [1.807, 2.05) is 0 Å². The summed E-state index contributed by atoms with van der Waals surface area (Å²) >= 11 is 0. The molecular weight excluding hydrogens is 591 g/mol. The van der Waals surface area contributed by atoms with Gasteiger partial charge in [-0.1, -0.05) is 45.9 Å². The lowest BCUT2D eigenvalue weighted by molar-refractivity contribution is 0.101. The van der Waals surface area contributed by atoms with Gasteiger partial charge in [0, 0.05) is 27.4 Å². The van der Waals surface area contributed by atoms with Crippen LogP contribution < -0.4 is 15.8 Å². The molecule has 0 aliphatic carbocycles. The summed E-state index contributed by atoms with van der Waals surface area (Å²) in [5, 5.41) is 10.6. The van der Waals surface area contributed by atoms with Crippen molar-refractivity contribution >= 4 is 64.6 Å². The molecule has 0 fully saturated rings. The number of amides is 2. The van der Waals surface area contributed by atoms with Gasteiger partial charge in [-0.3, -0.25) is 9.59 Å². The Bertz CT molecular complexity index is 1640. The molecule has 9 nitrogen and oxygen atoms in total. The predicted octanol–water partition coefficient (Wildman–Crippen LogP) is 5.04. The van der Waals surface area contributed by atoms with E-state index in [1.165, 1.54) is 70.1 Å². The zero-order valence-electron chi connectivity index (χ0n) is 20.9. The maximum absolute atomic E-state index is 13.0. The van der Waals surface area contributed by atoms with Crippen LogP contribution in [0.5, 0.6) is 0 Å². The third kappa shape index (κ3) is 7.52. The predicted molar refractivity (Wildman–Crippen MR) is 158 cm³/mol. The van der Waals surface area contributed by atoms with Gasteiger partial charge >= 0.3 is 0 Å². The van der Waals surface area contributed by atoms with Gasteiger partial charge in [0.1, 0.15) is 0 Å². The van der Waals surface area contributed by atoms with Crippen molar-refractivity contribution in [2.45, 2.75) is 19.6 Å². The Morgan fingerprint density at radius 3 is 1.35 bits per heavy atom. The van der Waals surface area contributed by atoms with Gasteiger partial charge in [0.05, 0.1) is 20.9 Å². The first-order valence-corrected chi connectivity index (χ1v) is 17.1. The summed E-state index contributed by atoms with van der Waals surface area (Å²) in [6, 6.07) is 25.4. The Morgan fingerprint density at radius 2 is 0.975 bits per heavy atom. The largest absolute Gasteiger partial charge is 0.322 e. The molecule has 206 valence electrons. The molecule has 0 bridgehead atoms. The third-order valence-electron chi connectivity index (χ3n) is 5.47. The number of hydrogen-bond acceptors (Lipinski definition) is 8. The minimum absolute atomic E-state index is 0.0634. The number of benzene rings is 4. The first-order chi connectivity index (χ1) is 18.9. The second-order valence-electron chi connectivity index (χ2n) is 8.43. The lowest BCUT2D eigenvalue weighted by atomic mass is 10.2. The van der Waals surface area contributed by atoms with E-state index in [0.717, 1.165) is 6.26 Å². The molecule has 0 atom stereocenters. The Labute approximate surface area is 239 Å². The number of carbonyl (C=O) groups excluding carboxylic acids is 2. The monoisotopic (exact) mass is 613 g/mol. The van der Waals surface area contributed by atoms with Crippen molar-refractivity contribution < 1.29 is 26.4 Å². The number of sulfone groups is 1. The van der Waals surface area contributed by atoms with Crippen LogP contribution in [0.2, 0.25) is 0 Å². The van der Waals surface area contributed by atoms with Crippen LogP contribution in [0, 0.1) is 0 Å². The molecule has 13 heteroatoms. The van der Waals surface area contributed by atoms with Crippen molar-refractivity contribution in [3.8, 4) is 0 Å². The highest BCUT2D eigenvalue weighted by Gasteiger charge is 2.17. The SMILES string of the molecule is CS(=O)(=O)c1ccc(NC(=O)c2ccccc2SSc2ccccc2C(=O)Nc2ccc(S(N)(=O)=O)cc2)cc1. The molecule has 0 radical (unpaired) electrons. The Kier molecular flexibility index (Phi) is 9.01. The topological polar surface area (TPSA) is 152 Å². The van der Waals surface area contributed by atoms with Crippen LogP contribution in [-0.4, -0.2) is 34.9 Å². The molecule has 0 aliphatic rings. The summed E-state index contributed by atoms with van der Waals surface area (Å²) in [4.78, 5) is 27.4. The molecule has 40 heavy (non-hydrogen) atoms. The normalized spacial score (nSPS) is 11.6. The highest BCUT2D eigenvalue weighted by atomic mass is 33.1. The van der Waals surface area contributed by atoms with Crippen LogP contribution in [0.3, 0.4) is 0 Å². The van der Waals surface area contributed by atoms with Crippen LogP contribution in [-0.2, 0) is 19.9 Å². The number of hydrogen-bond donors (Lipinski definition) is 3. The van der Waals surface area contributed by atoms with Crippen molar-refractivity contribution in [3.63, 3.8) is 0 Å². The van der Waals surface area contributed by atoms with Crippen molar-refractivity contribution in [2.24, 2.45) is 5.14 Å². The first kappa shape index (κ1) is 29.4. The van der Waals surface area contributed by atoms with Crippen LogP contribution in [0.15, 0.2) is 117 Å². The quantitative estimate of drug-likeness (QED) is 0.222. The summed E-state index contributed by atoms with van der Waals surface area (Å²) in [6.07, 6.45) is 1.11. The maximum Gasteiger partial charge on any atom is 0.256 e. The number of nitrogens with one attached hydrogen (secondary N) is 2. The van der Waals surface area contributed by atoms with E-state index < -0.39 is 25.8 Å². The minimum Gasteiger partial charge on any atom is -0.322 e. The van der Waals surface area contributed by atoms with E-state index in [0.29, 0.717) is 32.3 Å². The van der Waals surface area contributed by atoms with Gasteiger partial charge in [0.2, 0.25) is 10.0 Å². The van der Waals surface area contributed by atoms with Crippen molar-refractivity contribution in [1.29, 1.82) is 0 Å². The third-order valence-corrected chi connectivity index (χ3v) is 10.0. The summed E-state index contributed by atoms with van der Waals surface area (Å²) in [6.45, 7) is 0. The summed E-state index contributed by atoms with van der Waals surface area (Å²) in [5.74, 6) is -0.764. The zero-order chi connectivity index (χ0) is 28.9. The second kappa shape index (κ2) is 12.3. The summed E-state index contributed by atoms with van der Waals surface area (Å²) < 4.78 is 46.3. The number of anilines is 2. The fraction of sp³-hybridized carbons (Fsp3) is 0.0370. The van der Waals surface area contributed by atoms with Gasteiger partial charge in [0.15, 0.2) is 9.84 Å². The van der Waals surface area contributed by atoms with Crippen molar-refractivity contribution in [1.82, 2.24) is 0 Å². The fourth-order valence-corrected chi connectivity index (χ4v) is 6.96. The molecule has 0 heterocycles. The molecule has 4 aromatic rings. The zero-order valence-corrected chi connectivity index (χ0v) is 24.2. The smallest absolute Gasteiger partial charge is 0.256 e. The van der Waals surface area contributed by atoms with E-state index in [2.05, 4.69) is 10.6 Å². The molecule has 4 rings (SSSR count). The van der Waals surface area contributed by atoms with Crippen molar-refractivity contribution in [2.75, 3.05) is 16.9 Å². The number of primary sulfonamides is 1. The van der Waals surface area contributed by atoms with Gasteiger partial charge in [0.25, 0.3) is 11.8 Å². The Hall–Kier alpha value is -3.62. The van der Waals surface area contributed by atoms with Crippen LogP contribution in [0.25, 0.3) is 0 Å². The molecule has 0 saturated carbocycles. The van der Waals surface area contributed by atoms with E-state index in [9.17, 15) is 26.4 Å². The number of carbonyl (C=O) groups is 2. The lowest BCUT2D eigenvalue weighted by Crippen LogP contribution is -2.14. The molecule has 0 spiro atoms. The second-order valence-corrected chi connectivity index (χ2v) is 14.2. The molecule has 0 aliphatic heterocycles. The standard InChI is InChI=1S/C27H23N3O6S4/c1-39(33,34)20-14-10-18(11-15-20)29-26(31)22-6-2-4-8-24(22)37-38-25-9-5-3-7-23(25)27(32)30-19-12-16-21(17-13-19)40(28,35)36/h2-17H,1H3,(H,29,31)(H,30,32)(H2,28,35,36). The Morgan fingerprint density at radius 1 is 0.600 bits per heavy atom. The van der Waals surface area contributed by atoms with Crippen LogP contribution in [0.1, 0.15) is 20.7 Å². The molecule has 4 aromatic carbocycles. The highest BCUT2D eigenvalue weighted by molar-refractivity contribution is 8.76. The van der Waals surface area contributed by atoms with Gasteiger partial charge in [-0.2, -0.15) is 0 Å². The van der Waals surface area contributed by atoms with Crippen LogP contribution in [0.4, 0.5) is 11.4 Å². The number of sulfonamides is 1. The number of nitrogens with two attached hydrogens (primary N) is 1. The molecular formula is C27H23N3O6S4. The summed E-state index contributed by atoms with van der Waals surface area (Å²) in [7, 11) is -4.59. The molecule has 0 unspecified atom stereocenters. The van der Waals surface area contributed by atoms with Gasteiger partial charge < -0.3 is 10.6 Å². The van der Waals surface area contributed by atoms with Gasteiger partial charge in [-0.15, -0.1) is 0 Å². The minimum atomic E-state index is -3.84. The van der Waals surface area contributed by atoms with E-state index in [1.54, 1.807) is 48.5 Å². The van der Waals surface area contributed by atoms with Crippen molar-refractivity contribution in [3.05, 3.63) is 108 Å². The molecule has 4 N–H and O–H groups in total. The average Bonchev–Trinajstić information content (AvgIpc) is 2.92. The average molecular weight is 614 g/mol. The van der Waals surface area contributed by atoms with E-state index in [-0.39, 0.29) is 15.7 Å². The molecule has 0 saturated heterocycles. The van der Waals surface area contributed by atoms with Gasteiger partial charge in [-0.25, -0.2) is 22.0 Å². The summed E-state index contributed by atoms with van der Waals surface area (Å²) in [5.41, 5.74) is 1.65. The fourth-order valence-electron chi connectivity index (χ4n) is 3.45. The number of rotatable bonds is 9. The van der Waals surface area contributed by atoms with Crippen LogP contribution >= 0.6 is 21.6 Å². The first-order valence-electron chi connectivity index (χ1n) is 11.5. The van der Waals surface area contributed by atoms with E-state index in [4.69, 9.17) is 5.14 Å². The highest BCUT2D eigenvalue weighted by Crippen LogP contribution is 2.40. The molecule has 0 aromatic heterocycles. The van der Waals surface area contributed by atoms with E-state index >= 15 is 0 Å². The lowest BCUT2D eigenvalue weighted by Gasteiger charge is -2.12. The Balaban J connectivity index is 1.47.